The number of furan rings is 1. The molecule has 0 aliphatic heterocycles. The Hall–Kier alpha value is -1.74. The zero-order chi connectivity index (χ0) is 11.5. The molecule has 1 aromatic heterocycles. The first-order chi connectivity index (χ1) is 7.70. The predicted octanol–water partition coefficient (Wildman–Crippen LogP) is 2.92. The van der Waals surface area contributed by atoms with E-state index in [0.29, 0.717) is 29.2 Å². The zero-order valence-electron chi connectivity index (χ0n) is 8.44. The van der Waals surface area contributed by atoms with E-state index in [1.807, 2.05) is 18.2 Å². The Balaban J connectivity index is 2.30. The smallest absolute Gasteiger partial charge is 0.185 e. The summed E-state index contributed by atoms with van der Waals surface area (Å²) in [5.41, 5.74) is 7.11. The normalized spacial score (nSPS) is 10.3. The second-order valence-electron chi connectivity index (χ2n) is 3.41. The molecule has 0 bridgehead atoms. The molecular weight excluding hydrogens is 226 g/mol. The molecule has 0 unspecified atom stereocenters. The van der Waals surface area contributed by atoms with E-state index in [2.05, 4.69) is 0 Å². The van der Waals surface area contributed by atoms with Crippen LogP contribution in [0.25, 0.3) is 0 Å². The molecule has 0 fully saturated rings. The van der Waals surface area contributed by atoms with Crippen LogP contribution in [0.3, 0.4) is 0 Å². The Morgan fingerprint density at radius 2 is 2.12 bits per heavy atom. The van der Waals surface area contributed by atoms with Crippen molar-refractivity contribution in [3.05, 3.63) is 52.4 Å². The summed E-state index contributed by atoms with van der Waals surface area (Å²) in [7, 11) is 0. The van der Waals surface area contributed by atoms with Crippen molar-refractivity contribution >= 4 is 23.6 Å². The fourth-order valence-electron chi connectivity index (χ4n) is 1.48. The molecule has 3 nitrogen and oxygen atoms in total. The van der Waals surface area contributed by atoms with Gasteiger partial charge in [-0.25, -0.2) is 0 Å². The topological polar surface area (TPSA) is 56.2 Å². The largest absolute Gasteiger partial charge is 0.456 e. The number of halogens is 1. The lowest BCUT2D eigenvalue weighted by Gasteiger charge is -2.01. The van der Waals surface area contributed by atoms with Crippen LogP contribution in [0.1, 0.15) is 21.9 Å². The average Bonchev–Trinajstić information content (AvgIpc) is 2.63. The van der Waals surface area contributed by atoms with Gasteiger partial charge in [-0.3, -0.25) is 4.79 Å². The maximum atomic E-state index is 10.5. The number of anilines is 1. The molecule has 1 aromatic carbocycles. The lowest BCUT2D eigenvalue weighted by Crippen LogP contribution is -1.92. The van der Waals surface area contributed by atoms with Crippen LogP contribution in [0, 0.1) is 0 Å². The molecule has 0 radical (unpaired) electrons. The van der Waals surface area contributed by atoms with Gasteiger partial charge in [-0.15, -0.1) is 0 Å². The summed E-state index contributed by atoms with van der Waals surface area (Å²) >= 11 is 6.02. The van der Waals surface area contributed by atoms with E-state index in [-0.39, 0.29) is 5.76 Å². The number of carbonyl (C=O) groups excluding carboxylic acids is 1. The van der Waals surface area contributed by atoms with E-state index in [1.165, 1.54) is 6.07 Å². The molecule has 0 aliphatic rings. The molecule has 16 heavy (non-hydrogen) atoms. The Morgan fingerprint density at radius 1 is 1.38 bits per heavy atom. The van der Waals surface area contributed by atoms with E-state index in [0.717, 1.165) is 5.56 Å². The highest BCUT2D eigenvalue weighted by atomic mass is 35.5. The number of hydrogen-bond acceptors (Lipinski definition) is 3. The second-order valence-corrected chi connectivity index (χ2v) is 3.82. The van der Waals surface area contributed by atoms with Crippen LogP contribution < -0.4 is 5.73 Å². The van der Waals surface area contributed by atoms with E-state index in [9.17, 15) is 4.79 Å². The zero-order valence-corrected chi connectivity index (χ0v) is 9.20. The van der Waals surface area contributed by atoms with Crippen molar-refractivity contribution in [2.45, 2.75) is 6.42 Å². The van der Waals surface area contributed by atoms with Crippen LogP contribution >= 0.6 is 11.6 Å². The Bertz CT molecular complexity index is 519. The highest BCUT2D eigenvalue weighted by Gasteiger charge is 2.10. The van der Waals surface area contributed by atoms with Gasteiger partial charge in [0.25, 0.3) is 0 Å². The third-order valence-corrected chi connectivity index (χ3v) is 2.65. The fraction of sp³-hybridized carbons (Fsp3) is 0.0833. The summed E-state index contributed by atoms with van der Waals surface area (Å²) in [6, 6.07) is 8.95. The van der Waals surface area contributed by atoms with Crippen molar-refractivity contribution in [2.24, 2.45) is 0 Å². The van der Waals surface area contributed by atoms with Gasteiger partial charge in [0.2, 0.25) is 0 Å². The maximum Gasteiger partial charge on any atom is 0.185 e. The predicted molar refractivity (Wildman–Crippen MR) is 62.8 cm³/mol. The van der Waals surface area contributed by atoms with E-state index < -0.39 is 0 Å². The minimum Gasteiger partial charge on any atom is -0.456 e. The summed E-state index contributed by atoms with van der Waals surface area (Å²) in [5.74, 6) is 0.801. The molecule has 0 amide bonds. The van der Waals surface area contributed by atoms with Crippen LogP contribution in [0.5, 0.6) is 0 Å². The number of hydrogen-bond donors (Lipinski definition) is 1. The molecule has 0 saturated carbocycles. The number of aldehydes is 1. The Morgan fingerprint density at radius 3 is 2.75 bits per heavy atom. The molecule has 82 valence electrons. The molecule has 1 heterocycles. The maximum absolute atomic E-state index is 10.5. The molecule has 2 rings (SSSR count). The van der Waals surface area contributed by atoms with Crippen LogP contribution in [-0.2, 0) is 6.42 Å². The highest BCUT2D eigenvalue weighted by molar-refractivity contribution is 6.31. The van der Waals surface area contributed by atoms with Gasteiger partial charge in [0.05, 0.1) is 5.69 Å². The van der Waals surface area contributed by atoms with Gasteiger partial charge in [-0.2, -0.15) is 0 Å². The quantitative estimate of drug-likeness (QED) is 0.833. The highest BCUT2D eigenvalue weighted by Crippen LogP contribution is 2.24. The number of carbonyl (C=O) groups is 1. The first-order valence-corrected chi connectivity index (χ1v) is 5.15. The lowest BCUT2D eigenvalue weighted by atomic mass is 10.1. The van der Waals surface area contributed by atoms with Crippen LogP contribution in [0.4, 0.5) is 5.69 Å². The minimum atomic E-state index is 0.236. The lowest BCUT2D eigenvalue weighted by molar-refractivity contribution is 0.109. The van der Waals surface area contributed by atoms with Crippen molar-refractivity contribution in [1.29, 1.82) is 0 Å². The van der Waals surface area contributed by atoms with Crippen molar-refractivity contribution < 1.29 is 9.21 Å². The molecule has 4 heteroatoms. The average molecular weight is 236 g/mol. The van der Waals surface area contributed by atoms with E-state index in [4.69, 9.17) is 21.8 Å². The van der Waals surface area contributed by atoms with E-state index in [1.54, 1.807) is 6.07 Å². The molecule has 0 saturated heterocycles. The molecule has 0 aliphatic carbocycles. The second kappa shape index (κ2) is 4.41. The van der Waals surface area contributed by atoms with Crippen molar-refractivity contribution in [3.8, 4) is 0 Å². The summed E-state index contributed by atoms with van der Waals surface area (Å²) in [4.78, 5) is 10.5. The minimum absolute atomic E-state index is 0.236. The fourth-order valence-corrected chi connectivity index (χ4v) is 1.68. The Kier molecular flexibility index (Phi) is 2.97. The molecular formula is C12H10ClNO2. The van der Waals surface area contributed by atoms with Gasteiger partial charge < -0.3 is 10.2 Å². The standard InChI is InChI=1S/C12H10ClNO2/c13-10-4-2-1-3-8(10)5-12-11(14)6-9(7-15)16-12/h1-4,6-7H,5,14H2. The summed E-state index contributed by atoms with van der Waals surface area (Å²) < 4.78 is 5.27. The first kappa shape index (κ1) is 10.8. The van der Waals surface area contributed by atoms with Gasteiger partial charge in [0.1, 0.15) is 5.76 Å². The van der Waals surface area contributed by atoms with Gasteiger partial charge in [0.15, 0.2) is 12.0 Å². The van der Waals surface area contributed by atoms with Gasteiger partial charge in [-0.1, -0.05) is 29.8 Å². The van der Waals surface area contributed by atoms with Crippen LogP contribution in [-0.4, -0.2) is 6.29 Å². The third-order valence-electron chi connectivity index (χ3n) is 2.29. The number of benzene rings is 1. The summed E-state index contributed by atoms with van der Waals surface area (Å²) in [6.45, 7) is 0. The van der Waals surface area contributed by atoms with Crippen LogP contribution in [0.15, 0.2) is 34.7 Å². The van der Waals surface area contributed by atoms with Crippen LogP contribution in [0.2, 0.25) is 5.02 Å². The molecule has 0 spiro atoms. The number of nitrogen functional groups attached to an aromatic ring is 1. The Labute approximate surface area is 97.8 Å². The third kappa shape index (κ3) is 2.09. The summed E-state index contributed by atoms with van der Waals surface area (Å²) in [6.07, 6.45) is 1.12. The molecule has 0 atom stereocenters. The van der Waals surface area contributed by atoms with Crippen molar-refractivity contribution in [3.63, 3.8) is 0 Å². The van der Waals surface area contributed by atoms with E-state index >= 15 is 0 Å². The first-order valence-electron chi connectivity index (χ1n) is 4.77. The monoisotopic (exact) mass is 235 g/mol. The SMILES string of the molecule is Nc1cc(C=O)oc1Cc1ccccc1Cl. The van der Waals surface area contributed by atoms with Gasteiger partial charge in [-0.05, 0) is 11.6 Å². The van der Waals surface area contributed by atoms with Crippen molar-refractivity contribution in [2.75, 3.05) is 5.73 Å². The molecule has 2 aromatic rings. The number of nitrogens with two attached hydrogens (primary N) is 1. The van der Waals surface area contributed by atoms with Gasteiger partial charge >= 0.3 is 0 Å². The summed E-state index contributed by atoms with van der Waals surface area (Å²) in [5, 5.41) is 0.658. The molecule has 2 N–H and O–H groups in total. The van der Waals surface area contributed by atoms with Crippen molar-refractivity contribution in [1.82, 2.24) is 0 Å². The van der Waals surface area contributed by atoms with Gasteiger partial charge in [0, 0.05) is 17.5 Å². The number of rotatable bonds is 3.